The number of aliphatic hydroxyl groups is 1. The van der Waals surface area contributed by atoms with Crippen molar-refractivity contribution in [1.29, 1.82) is 0 Å². The van der Waals surface area contributed by atoms with E-state index in [4.69, 9.17) is 4.74 Å². The zero-order valence-electron chi connectivity index (χ0n) is 18.3. The first-order valence-electron chi connectivity index (χ1n) is 10.5. The van der Waals surface area contributed by atoms with Crippen molar-refractivity contribution in [3.63, 3.8) is 0 Å². The van der Waals surface area contributed by atoms with Crippen LogP contribution in [0.4, 0.5) is 4.79 Å². The van der Waals surface area contributed by atoms with Gasteiger partial charge >= 0.3 is 6.09 Å². The van der Waals surface area contributed by atoms with Gasteiger partial charge < -0.3 is 25.4 Å². The standard InChI is InChI=1S/C21H35N3O5/c1-6-7-8-9-11-22-17(26)15-16(25)21(5)13-24(19(28)29-20(2,3)4)12-10-14(21)23-18(15)27/h14,25H,6-13H2,1-5H3,(H,22,26)(H,23,27)/t14-,21-/m0/s1. The van der Waals surface area contributed by atoms with Gasteiger partial charge in [-0.25, -0.2) is 4.79 Å². The zero-order valence-corrected chi connectivity index (χ0v) is 18.3. The molecule has 0 spiro atoms. The van der Waals surface area contributed by atoms with Crippen LogP contribution in [0.5, 0.6) is 0 Å². The molecule has 1 fully saturated rings. The van der Waals surface area contributed by atoms with E-state index in [1.54, 1.807) is 27.7 Å². The number of nitrogens with one attached hydrogen (secondary N) is 2. The maximum atomic E-state index is 12.6. The zero-order chi connectivity index (χ0) is 21.8. The summed E-state index contributed by atoms with van der Waals surface area (Å²) < 4.78 is 5.44. The highest BCUT2D eigenvalue weighted by atomic mass is 16.6. The SMILES string of the molecule is CCCCCCNC(=O)C1=C(O)[C@@]2(C)CN(C(=O)OC(C)(C)C)CC[C@@H]2NC1=O. The van der Waals surface area contributed by atoms with E-state index in [0.717, 1.165) is 25.7 Å². The molecule has 2 aliphatic rings. The second-order valence-corrected chi connectivity index (χ2v) is 9.17. The predicted molar refractivity (Wildman–Crippen MR) is 109 cm³/mol. The van der Waals surface area contributed by atoms with Crippen LogP contribution in [0, 0.1) is 5.41 Å². The molecule has 0 aliphatic carbocycles. The van der Waals surface area contributed by atoms with Crippen molar-refractivity contribution in [2.75, 3.05) is 19.6 Å². The Bertz CT molecular complexity index is 682. The molecular formula is C21H35N3O5. The molecule has 29 heavy (non-hydrogen) atoms. The minimum Gasteiger partial charge on any atom is -0.511 e. The number of hydrogen-bond donors (Lipinski definition) is 3. The number of carbonyl (C=O) groups is 3. The Morgan fingerprint density at radius 3 is 2.62 bits per heavy atom. The van der Waals surface area contributed by atoms with Gasteiger partial charge in [0, 0.05) is 25.7 Å². The lowest BCUT2D eigenvalue weighted by molar-refractivity contribution is -0.127. The third kappa shape index (κ3) is 5.42. The van der Waals surface area contributed by atoms with Crippen molar-refractivity contribution in [2.45, 2.75) is 78.4 Å². The van der Waals surface area contributed by atoms with Gasteiger partial charge in [0.2, 0.25) is 0 Å². The largest absolute Gasteiger partial charge is 0.511 e. The van der Waals surface area contributed by atoms with Gasteiger partial charge in [-0.3, -0.25) is 9.59 Å². The number of ether oxygens (including phenoxy) is 1. The van der Waals surface area contributed by atoms with Crippen LogP contribution >= 0.6 is 0 Å². The molecule has 2 rings (SSSR count). The number of amides is 3. The number of hydrogen-bond acceptors (Lipinski definition) is 5. The summed E-state index contributed by atoms with van der Waals surface area (Å²) in [6.45, 7) is 10.3. The normalized spacial score (nSPS) is 24.7. The number of unbranched alkanes of at least 4 members (excludes halogenated alkanes) is 3. The van der Waals surface area contributed by atoms with Gasteiger partial charge in [-0.2, -0.15) is 0 Å². The molecule has 0 aromatic heterocycles. The van der Waals surface area contributed by atoms with Crippen molar-refractivity contribution < 1.29 is 24.2 Å². The monoisotopic (exact) mass is 409 g/mol. The van der Waals surface area contributed by atoms with Crippen molar-refractivity contribution >= 4 is 17.9 Å². The topological polar surface area (TPSA) is 108 Å². The Morgan fingerprint density at radius 2 is 2.00 bits per heavy atom. The second-order valence-electron chi connectivity index (χ2n) is 9.17. The molecule has 0 aromatic carbocycles. The minimum absolute atomic E-state index is 0.159. The van der Waals surface area contributed by atoms with Gasteiger partial charge in [-0.05, 0) is 40.5 Å². The predicted octanol–water partition coefficient (Wildman–Crippen LogP) is 2.64. The molecule has 0 bridgehead atoms. The van der Waals surface area contributed by atoms with E-state index in [1.807, 2.05) is 0 Å². The Morgan fingerprint density at radius 1 is 1.31 bits per heavy atom. The molecule has 0 unspecified atom stereocenters. The number of rotatable bonds is 6. The lowest BCUT2D eigenvalue weighted by Gasteiger charge is -2.48. The summed E-state index contributed by atoms with van der Waals surface area (Å²) in [7, 11) is 0. The number of nitrogens with zero attached hydrogens (tertiary/aromatic N) is 1. The van der Waals surface area contributed by atoms with Crippen LogP contribution in [0.25, 0.3) is 0 Å². The maximum Gasteiger partial charge on any atom is 0.410 e. The van der Waals surface area contributed by atoms with E-state index in [9.17, 15) is 19.5 Å². The molecule has 1 saturated heterocycles. The fourth-order valence-electron chi connectivity index (χ4n) is 3.82. The van der Waals surface area contributed by atoms with Crippen LogP contribution < -0.4 is 10.6 Å². The molecule has 0 saturated carbocycles. The summed E-state index contributed by atoms with van der Waals surface area (Å²) in [5, 5.41) is 16.5. The Labute approximate surface area is 173 Å². The molecule has 2 heterocycles. The van der Waals surface area contributed by atoms with Gasteiger partial charge in [0.25, 0.3) is 11.8 Å². The van der Waals surface area contributed by atoms with Gasteiger partial charge in [0.05, 0.1) is 5.41 Å². The smallest absolute Gasteiger partial charge is 0.410 e. The van der Waals surface area contributed by atoms with Gasteiger partial charge in [-0.15, -0.1) is 0 Å². The molecule has 3 amide bonds. The van der Waals surface area contributed by atoms with Crippen molar-refractivity contribution in [2.24, 2.45) is 5.41 Å². The van der Waals surface area contributed by atoms with Crippen LogP contribution in [0.2, 0.25) is 0 Å². The molecule has 164 valence electrons. The number of piperidine rings is 1. The fraction of sp³-hybridized carbons (Fsp3) is 0.762. The summed E-state index contributed by atoms with van der Waals surface area (Å²) in [5.41, 5.74) is -1.83. The Kier molecular flexibility index (Phi) is 7.19. The first-order valence-corrected chi connectivity index (χ1v) is 10.5. The number of likely N-dealkylation sites (tertiary alicyclic amines) is 1. The van der Waals surface area contributed by atoms with Crippen LogP contribution in [-0.4, -0.2) is 59.2 Å². The molecule has 3 N–H and O–H groups in total. The molecule has 0 aromatic rings. The number of fused-ring (bicyclic) bond motifs is 1. The highest BCUT2D eigenvalue weighted by molar-refractivity contribution is 6.19. The summed E-state index contributed by atoms with van der Waals surface area (Å²) in [6.07, 6.45) is 4.00. The fourth-order valence-corrected chi connectivity index (χ4v) is 3.82. The van der Waals surface area contributed by atoms with Crippen molar-refractivity contribution in [3.8, 4) is 0 Å². The van der Waals surface area contributed by atoms with Crippen LogP contribution in [0.15, 0.2) is 11.3 Å². The lowest BCUT2D eigenvalue weighted by Crippen LogP contribution is -2.63. The average molecular weight is 410 g/mol. The summed E-state index contributed by atoms with van der Waals surface area (Å²) in [5.74, 6) is -1.40. The molecule has 0 radical (unpaired) electrons. The Hall–Kier alpha value is -2.25. The molecule has 8 heteroatoms. The summed E-state index contributed by atoms with van der Waals surface area (Å²) in [6, 6.07) is -0.352. The average Bonchev–Trinajstić information content (AvgIpc) is 2.61. The quantitative estimate of drug-likeness (QED) is 0.462. The number of carbonyl (C=O) groups excluding carboxylic acids is 3. The minimum atomic E-state index is -0.946. The summed E-state index contributed by atoms with van der Waals surface area (Å²) in [4.78, 5) is 39.1. The van der Waals surface area contributed by atoms with Crippen molar-refractivity contribution in [3.05, 3.63) is 11.3 Å². The van der Waals surface area contributed by atoms with Crippen LogP contribution in [0.1, 0.15) is 66.7 Å². The highest BCUT2D eigenvalue weighted by Gasteiger charge is 2.51. The van der Waals surface area contributed by atoms with Crippen molar-refractivity contribution in [1.82, 2.24) is 15.5 Å². The first-order chi connectivity index (χ1) is 13.5. The molecule has 8 nitrogen and oxygen atoms in total. The van der Waals surface area contributed by atoms with E-state index in [0.29, 0.717) is 19.5 Å². The van der Waals surface area contributed by atoms with E-state index < -0.39 is 28.9 Å². The van der Waals surface area contributed by atoms with Crippen LogP contribution in [-0.2, 0) is 14.3 Å². The Balaban J connectivity index is 2.15. The number of aliphatic hydroxyl groups excluding tert-OH is 1. The molecule has 2 aliphatic heterocycles. The van der Waals surface area contributed by atoms with Gasteiger partial charge in [0.1, 0.15) is 16.9 Å². The first kappa shape index (κ1) is 23.0. The molecule has 2 atom stereocenters. The second kappa shape index (κ2) is 9.05. The maximum absolute atomic E-state index is 12.6. The highest BCUT2D eigenvalue weighted by Crippen LogP contribution is 2.40. The van der Waals surface area contributed by atoms with E-state index in [1.165, 1.54) is 4.90 Å². The third-order valence-corrected chi connectivity index (χ3v) is 5.48. The lowest BCUT2D eigenvalue weighted by atomic mass is 9.72. The van der Waals surface area contributed by atoms with Gasteiger partial charge in [-0.1, -0.05) is 26.2 Å². The van der Waals surface area contributed by atoms with Crippen LogP contribution in [0.3, 0.4) is 0 Å². The van der Waals surface area contributed by atoms with E-state index >= 15 is 0 Å². The molecular weight excluding hydrogens is 374 g/mol. The summed E-state index contributed by atoms with van der Waals surface area (Å²) >= 11 is 0. The van der Waals surface area contributed by atoms with E-state index in [2.05, 4.69) is 17.6 Å². The third-order valence-electron chi connectivity index (χ3n) is 5.48. The van der Waals surface area contributed by atoms with E-state index in [-0.39, 0.29) is 23.9 Å². The van der Waals surface area contributed by atoms with Gasteiger partial charge in [0.15, 0.2) is 0 Å².